The van der Waals surface area contributed by atoms with Crippen LogP contribution in [0.1, 0.15) is 18.0 Å². The van der Waals surface area contributed by atoms with Gasteiger partial charge in [0.25, 0.3) is 10.0 Å². The topological polar surface area (TPSA) is 104 Å². The summed E-state index contributed by atoms with van der Waals surface area (Å²) < 4.78 is 40.4. The Morgan fingerprint density at radius 3 is 2.47 bits per heavy atom. The van der Waals surface area contributed by atoms with Gasteiger partial charge in [-0.25, -0.2) is 13.4 Å². The van der Waals surface area contributed by atoms with Gasteiger partial charge in [0.1, 0.15) is 15.8 Å². The van der Waals surface area contributed by atoms with E-state index in [0.717, 1.165) is 11.3 Å². The molecule has 2 atom stereocenters. The van der Waals surface area contributed by atoms with Gasteiger partial charge >= 0.3 is 0 Å². The van der Waals surface area contributed by atoms with Crippen molar-refractivity contribution in [3.63, 3.8) is 0 Å². The number of hydrazone groups is 1. The largest absolute Gasteiger partial charge is 0.265 e. The molecule has 0 spiro atoms. The Kier molecular flexibility index (Phi) is 8.40. The van der Waals surface area contributed by atoms with Crippen LogP contribution in [0.15, 0.2) is 87.9 Å². The minimum Gasteiger partial charge on any atom is -0.265 e. The lowest BCUT2D eigenvalue weighted by Crippen LogP contribution is -2.36. The lowest BCUT2D eigenvalue weighted by molar-refractivity contribution is 0.592. The highest BCUT2D eigenvalue weighted by atomic mass is 35.5. The molecule has 2 aromatic carbocycles. The van der Waals surface area contributed by atoms with Crippen LogP contribution in [0.5, 0.6) is 0 Å². The molecule has 36 heavy (non-hydrogen) atoms. The van der Waals surface area contributed by atoms with Crippen LogP contribution in [0.4, 0.5) is 5.69 Å². The number of nitrogens with zero attached hydrogens (tertiary/aromatic N) is 4. The van der Waals surface area contributed by atoms with Gasteiger partial charge in [0.05, 0.1) is 18.3 Å². The summed E-state index contributed by atoms with van der Waals surface area (Å²) in [7, 11) is -5.12. The molecule has 4 rings (SSSR count). The third-order valence-corrected chi connectivity index (χ3v) is 7.91. The monoisotopic (exact) mass is 563 g/mol. The summed E-state index contributed by atoms with van der Waals surface area (Å²) in [5.41, 5.74) is 2.25. The van der Waals surface area contributed by atoms with E-state index in [1.807, 2.05) is 47.5 Å². The highest BCUT2D eigenvalue weighted by molar-refractivity contribution is 7.90. The lowest BCUT2D eigenvalue weighted by Gasteiger charge is -2.24. The quantitative estimate of drug-likeness (QED) is 0.247. The van der Waals surface area contributed by atoms with Crippen LogP contribution in [0, 0.1) is 0 Å². The van der Waals surface area contributed by atoms with E-state index in [-0.39, 0.29) is 34.2 Å². The van der Waals surface area contributed by atoms with E-state index in [1.54, 1.807) is 18.4 Å². The highest BCUT2D eigenvalue weighted by Gasteiger charge is 2.33. The molecule has 8 nitrogen and oxygen atoms in total. The van der Waals surface area contributed by atoms with E-state index in [0.29, 0.717) is 17.2 Å². The number of nitrogens with one attached hydrogen (secondary N) is 1. The first-order valence-electron chi connectivity index (χ1n) is 10.9. The number of anilines is 1. The maximum atomic E-state index is 13.1. The van der Waals surface area contributed by atoms with Crippen molar-refractivity contribution >= 4 is 61.3 Å². The standard InChI is InChI=1S/C24H23Cl2N5O3S2/c1-35(32)14-13-27-24(30-36(33,34)20-11-12-23(26)28-16-20)21-15-22(17-5-3-2-4-6-17)31(29-21)19-9-7-18(25)8-10-19/h2-12,16,22H,13-15H2,1H3,(H,27,30)/t22-,35?/m1/s1. The van der Waals surface area contributed by atoms with Crippen LogP contribution < -0.4 is 9.73 Å². The maximum Gasteiger partial charge on any atom is 0.264 e. The second kappa shape index (κ2) is 11.5. The number of halogens is 2. The third-order valence-electron chi connectivity index (χ3n) is 5.35. The number of sulfonamides is 1. The summed E-state index contributed by atoms with van der Waals surface area (Å²) in [5.74, 6) is 0.372. The number of pyridine rings is 1. The third kappa shape index (κ3) is 6.50. The Morgan fingerprint density at radius 1 is 1.11 bits per heavy atom. The molecule has 1 N–H and O–H groups in total. The van der Waals surface area contributed by atoms with Gasteiger partial charge in [0.2, 0.25) is 0 Å². The van der Waals surface area contributed by atoms with Crippen LogP contribution in [-0.4, -0.2) is 47.7 Å². The van der Waals surface area contributed by atoms with E-state index in [4.69, 9.17) is 28.3 Å². The fraction of sp³-hybridized carbons (Fsp3) is 0.208. The average molecular weight is 565 g/mol. The zero-order chi connectivity index (χ0) is 25.7. The van der Waals surface area contributed by atoms with Crippen LogP contribution >= 0.6 is 23.2 Å². The van der Waals surface area contributed by atoms with Crippen LogP contribution in [-0.2, 0) is 20.8 Å². The van der Waals surface area contributed by atoms with Crippen molar-refractivity contribution in [1.82, 2.24) is 9.71 Å². The SMILES string of the molecule is CS(=O)CCN=C(NS(=O)(=O)c1ccc(Cl)nc1)C1=NN(c2ccc(Cl)cc2)[C@@H](c2ccccc2)C1. The first-order chi connectivity index (χ1) is 17.2. The molecule has 1 aromatic heterocycles. The molecule has 0 amide bonds. The molecule has 0 bridgehead atoms. The van der Waals surface area contributed by atoms with Gasteiger partial charge in [-0.3, -0.25) is 18.9 Å². The maximum absolute atomic E-state index is 13.1. The lowest BCUT2D eigenvalue weighted by atomic mass is 10.0. The van der Waals surface area contributed by atoms with E-state index in [1.165, 1.54) is 18.3 Å². The smallest absolute Gasteiger partial charge is 0.264 e. The normalized spacial score (nSPS) is 17.1. The summed E-state index contributed by atoms with van der Waals surface area (Å²) in [4.78, 5) is 8.25. The molecule has 1 aliphatic rings. The fourth-order valence-electron chi connectivity index (χ4n) is 3.60. The molecular formula is C24H23Cl2N5O3S2. The van der Waals surface area contributed by atoms with Crippen molar-refractivity contribution in [2.45, 2.75) is 17.4 Å². The van der Waals surface area contributed by atoms with E-state index in [2.05, 4.69) is 14.7 Å². The van der Waals surface area contributed by atoms with Crippen LogP contribution in [0.3, 0.4) is 0 Å². The molecule has 1 aliphatic heterocycles. The average Bonchev–Trinajstić information content (AvgIpc) is 3.30. The van der Waals surface area contributed by atoms with Gasteiger partial charge in [0.15, 0.2) is 5.84 Å². The predicted molar refractivity (Wildman–Crippen MR) is 146 cm³/mol. The van der Waals surface area contributed by atoms with Crippen LogP contribution in [0.25, 0.3) is 0 Å². The van der Waals surface area contributed by atoms with Crippen molar-refractivity contribution in [2.24, 2.45) is 10.1 Å². The molecule has 2 heterocycles. The molecular weight excluding hydrogens is 541 g/mol. The molecule has 0 saturated carbocycles. The molecule has 12 heteroatoms. The van der Waals surface area contributed by atoms with Gasteiger partial charge in [0, 0.05) is 40.4 Å². The molecule has 3 aromatic rings. The number of aliphatic imine (C=N–C) groups is 1. The molecule has 0 radical (unpaired) electrons. The number of hydrogen-bond donors (Lipinski definition) is 1. The number of aromatic nitrogens is 1. The first kappa shape index (κ1) is 26.3. The van der Waals surface area contributed by atoms with E-state index >= 15 is 0 Å². The van der Waals surface area contributed by atoms with Gasteiger partial charge < -0.3 is 0 Å². The zero-order valence-electron chi connectivity index (χ0n) is 19.2. The highest BCUT2D eigenvalue weighted by Crippen LogP contribution is 2.36. The summed E-state index contributed by atoms with van der Waals surface area (Å²) >= 11 is 11.9. The summed E-state index contributed by atoms with van der Waals surface area (Å²) in [5, 5.41) is 7.37. The minimum atomic E-state index is -4.03. The first-order valence-corrected chi connectivity index (χ1v) is 14.9. The van der Waals surface area contributed by atoms with Crippen molar-refractivity contribution in [3.8, 4) is 0 Å². The van der Waals surface area contributed by atoms with Gasteiger partial charge in [-0.05, 0) is 42.0 Å². The molecule has 188 valence electrons. The second-order valence-corrected chi connectivity index (χ2v) is 12.0. The molecule has 0 aliphatic carbocycles. The summed E-state index contributed by atoms with van der Waals surface area (Å²) in [6, 6.07) is 19.6. The predicted octanol–water partition coefficient (Wildman–Crippen LogP) is 4.45. The second-order valence-electron chi connectivity index (χ2n) is 7.93. The summed E-state index contributed by atoms with van der Waals surface area (Å²) in [6.45, 7) is 0.163. The molecule has 0 saturated heterocycles. The Bertz CT molecular complexity index is 1400. The number of benzene rings is 2. The number of rotatable bonds is 8. The Hall–Kier alpha value is -2.79. The zero-order valence-corrected chi connectivity index (χ0v) is 22.4. The van der Waals surface area contributed by atoms with Gasteiger partial charge in [-0.15, -0.1) is 0 Å². The number of amidine groups is 1. The Morgan fingerprint density at radius 2 is 1.83 bits per heavy atom. The van der Waals surface area contributed by atoms with Crippen molar-refractivity contribution in [3.05, 3.63) is 88.7 Å². The minimum absolute atomic E-state index is 0.0635. The molecule has 0 fully saturated rings. The van der Waals surface area contributed by atoms with Crippen molar-refractivity contribution in [2.75, 3.05) is 23.6 Å². The Labute approximate surface area is 222 Å². The van der Waals surface area contributed by atoms with Crippen molar-refractivity contribution < 1.29 is 12.6 Å². The number of hydrogen-bond acceptors (Lipinski definition) is 7. The van der Waals surface area contributed by atoms with Gasteiger partial charge in [-0.2, -0.15) is 5.10 Å². The van der Waals surface area contributed by atoms with E-state index in [9.17, 15) is 12.6 Å². The van der Waals surface area contributed by atoms with E-state index < -0.39 is 20.8 Å². The van der Waals surface area contributed by atoms with Crippen LogP contribution in [0.2, 0.25) is 10.2 Å². The molecule has 1 unspecified atom stereocenters. The fourth-order valence-corrected chi connectivity index (χ4v) is 5.18. The van der Waals surface area contributed by atoms with Crippen molar-refractivity contribution in [1.29, 1.82) is 0 Å². The summed E-state index contributed by atoms with van der Waals surface area (Å²) in [6.07, 6.45) is 3.13. The van der Waals surface area contributed by atoms with Gasteiger partial charge in [-0.1, -0.05) is 53.5 Å². The Balaban J connectivity index is 1.72.